The predicted octanol–water partition coefficient (Wildman–Crippen LogP) is 10.8. The average molecular weight is 601 g/mol. The van der Waals surface area contributed by atoms with Crippen LogP contribution >= 0.6 is 0 Å². The van der Waals surface area contributed by atoms with Gasteiger partial charge in [-0.25, -0.2) is 15.0 Å². The molecule has 9 aromatic rings. The normalized spacial score (nSPS) is 11.4. The zero-order chi connectivity index (χ0) is 31.2. The van der Waals surface area contributed by atoms with Crippen LogP contribution in [-0.2, 0) is 0 Å². The highest BCUT2D eigenvalue weighted by Gasteiger charge is 2.17. The average Bonchev–Trinajstić information content (AvgIpc) is 3.50. The lowest BCUT2D eigenvalue weighted by Crippen LogP contribution is -2.00. The largest absolute Gasteiger partial charge is 0.309 e. The molecule has 7 aromatic carbocycles. The first-order valence-electron chi connectivity index (χ1n) is 15.8. The van der Waals surface area contributed by atoms with Gasteiger partial charge in [0, 0.05) is 33.2 Å². The number of nitrogens with zero attached hydrogens (tertiary/aromatic N) is 4. The Morgan fingerprint density at radius 3 is 1.47 bits per heavy atom. The van der Waals surface area contributed by atoms with Crippen molar-refractivity contribution in [1.82, 2.24) is 19.5 Å². The van der Waals surface area contributed by atoms with Gasteiger partial charge in [0.05, 0.1) is 11.0 Å². The summed E-state index contributed by atoms with van der Waals surface area (Å²) in [4.78, 5) is 14.7. The second-order valence-corrected chi connectivity index (χ2v) is 11.7. The minimum atomic E-state index is 0.642. The second-order valence-electron chi connectivity index (χ2n) is 11.7. The second kappa shape index (κ2) is 11.2. The summed E-state index contributed by atoms with van der Waals surface area (Å²) in [5, 5.41) is 4.99. The van der Waals surface area contributed by atoms with Crippen molar-refractivity contribution in [2.75, 3.05) is 0 Å². The maximum atomic E-state index is 4.94. The van der Waals surface area contributed by atoms with Crippen LogP contribution in [0, 0.1) is 0 Å². The van der Waals surface area contributed by atoms with Crippen LogP contribution in [0.25, 0.3) is 83.6 Å². The van der Waals surface area contributed by atoms with E-state index in [2.05, 4.69) is 114 Å². The molecule has 0 unspecified atom stereocenters. The monoisotopic (exact) mass is 600 g/mol. The fraction of sp³-hybridized carbons (Fsp3) is 0. The van der Waals surface area contributed by atoms with E-state index in [1.807, 2.05) is 60.7 Å². The molecule has 4 nitrogen and oxygen atoms in total. The number of benzene rings is 7. The van der Waals surface area contributed by atoms with Gasteiger partial charge in [-0.2, -0.15) is 0 Å². The van der Waals surface area contributed by atoms with Crippen molar-refractivity contribution in [3.63, 3.8) is 0 Å². The van der Waals surface area contributed by atoms with Gasteiger partial charge in [0.15, 0.2) is 17.5 Å². The van der Waals surface area contributed by atoms with Crippen LogP contribution in [0.3, 0.4) is 0 Å². The summed E-state index contributed by atoms with van der Waals surface area (Å²) in [6.45, 7) is 0. The third-order valence-electron chi connectivity index (χ3n) is 8.85. The molecule has 220 valence electrons. The van der Waals surface area contributed by atoms with E-state index >= 15 is 0 Å². The molecule has 9 rings (SSSR count). The summed E-state index contributed by atoms with van der Waals surface area (Å²) < 4.78 is 2.38. The standard InChI is InChI=1S/C43H28N4/c1-4-12-29(13-5-1)34-22-26-37-39(28-34)47(38-27-23-30-14-10-11-19-36(30)40(37)38)35-24-20-33(21-25-35)43-45-41(31-15-6-2-7-16-31)44-42(46-43)32-17-8-3-9-18-32/h1-28H. The number of aromatic nitrogens is 4. The van der Waals surface area contributed by atoms with Crippen LogP contribution < -0.4 is 0 Å². The molecule has 0 bridgehead atoms. The van der Waals surface area contributed by atoms with E-state index in [1.54, 1.807) is 0 Å². The van der Waals surface area contributed by atoms with Gasteiger partial charge in [-0.3, -0.25) is 0 Å². The summed E-state index contributed by atoms with van der Waals surface area (Å²) in [6, 6.07) is 59.3. The van der Waals surface area contributed by atoms with E-state index in [-0.39, 0.29) is 0 Å². The van der Waals surface area contributed by atoms with Gasteiger partial charge in [0.2, 0.25) is 0 Å². The summed E-state index contributed by atoms with van der Waals surface area (Å²) in [7, 11) is 0. The Labute approximate surface area is 272 Å². The summed E-state index contributed by atoms with van der Waals surface area (Å²) in [6.07, 6.45) is 0. The van der Waals surface area contributed by atoms with Crippen molar-refractivity contribution in [3.05, 3.63) is 170 Å². The van der Waals surface area contributed by atoms with Crippen LogP contribution in [0.2, 0.25) is 0 Å². The highest BCUT2D eigenvalue weighted by atomic mass is 15.0. The van der Waals surface area contributed by atoms with Crippen LogP contribution in [0.5, 0.6) is 0 Å². The first kappa shape index (κ1) is 27.0. The van der Waals surface area contributed by atoms with Crippen molar-refractivity contribution in [3.8, 4) is 51.0 Å². The Hall–Kier alpha value is -6.39. The number of hydrogen-bond donors (Lipinski definition) is 0. The molecular weight excluding hydrogens is 573 g/mol. The Kier molecular flexibility index (Phi) is 6.43. The van der Waals surface area contributed by atoms with Gasteiger partial charge in [-0.05, 0) is 58.3 Å². The molecule has 0 fully saturated rings. The van der Waals surface area contributed by atoms with Gasteiger partial charge in [0.25, 0.3) is 0 Å². The Balaban J connectivity index is 1.22. The van der Waals surface area contributed by atoms with Crippen LogP contribution in [-0.4, -0.2) is 19.5 Å². The van der Waals surface area contributed by atoms with Crippen molar-refractivity contribution in [2.24, 2.45) is 0 Å². The zero-order valence-corrected chi connectivity index (χ0v) is 25.5. The van der Waals surface area contributed by atoms with Crippen molar-refractivity contribution in [2.45, 2.75) is 0 Å². The Morgan fingerprint density at radius 1 is 0.340 bits per heavy atom. The minimum Gasteiger partial charge on any atom is -0.309 e. The number of rotatable bonds is 5. The topological polar surface area (TPSA) is 43.6 Å². The third kappa shape index (κ3) is 4.75. The Bertz CT molecular complexity index is 2480. The first-order valence-corrected chi connectivity index (χ1v) is 15.8. The number of fused-ring (bicyclic) bond motifs is 5. The smallest absolute Gasteiger partial charge is 0.164 e. The predicted molar refractivity (Wildman–Crippen MR) is 193 cm³/mol. The summed E-state index contributed by atoms with van der Waals surface area (Å²) >= 11 is 0. The third-order valence-corrected chi connectivity index (χ3v) is 8.85. The number of hydrogen-bond acceptors (Lipinski definition) is 3. The molecule has 0 aliphatic heterocycles. The van der Waals surface area contributed by atoms with Crippen molar-refractivity contribution >= 4 is 32.6 Å². The van der Waals surface area contributed by atoms with Gasteiger partial charge in [-0.1, -0.05) is 133 Å². The first-order chi connectivity index (χ1) is 23.3. The molecule has 0 spiro atoms. The van der Waals surface area contributed by atoms with Crippen LogP contribution in [0.1, 0.15) is 0 Å². The quantitative estimate of drug-likeness (QED) is 0.197. The maximum Gasteiger partial charge on any atom is 0.164 e. The lowest BCUT2D eigenvalue weighted by Gasteiger charge is -2.11. The van der Waals surface area contributed by atoms with Crippen molar-refractivity contribution in [1.29, 1.82) is 0 Å². The van der Waals surface area contributed by atoms with Gasteiger partial charge in [0.1, 0.15) is 0 Å². The van der Waals surface area contributed by atoms with E-state index in [1.165, 1.54) is 43.7 Å². The fourth-order valence-electron chi connectivity index (χ4n) is 6.57. The molecule has 0 atom stereocenters. The molecule has 0 aliphatic carbocycles. The maximum absolute atomic E-state index is 4.94. The van der Waals surface area contributed by atoms with Crippen LogP contribution in [0.15, 0.2) is 170 Å². The molecule has 2 aromatic heterocycles. The van der Waals surface area contributed by atoms with Crippen LogP contribution in [0.4, 0.5) is 0 Å². The zero-order valence-electron chi connectivity index (χ0n) is 25.5. The minimum absolute atomic E-state index is 0.642. The van der Waals surface area contributed by atoms with Gasteiger partial charge < -0.3 is 4.57 Å². The molecule has 0 N–H and O–H groups in total. The lowest BCUT2D eigenvalue weighted by molar-refractivity contribution is 1.07. The van der Waals surface area contributed by atoms with E-state index < -0.39 is 0 Å². The lowest BCUT2D eigenvalue weighted by atomic mass is 10.0. The highest BCUT2D eigenvalue weighted by Crippen LogP contribution is 2.39. The molecule has 2 heterocycles. The summed E-state index contributed by atoms with van der Waals surface area (Å²) in [5.41, 5.74) is 8.66. The SMILES string of the molecule is c1ccc(-c2ccc3c4c5ccccc5ccc4n(-c4ccc(-c5nc(-c6ccccc6)nc(-c6ccccc6)n5)cc4)c3c2)cc1. The molecule has 4 heteroatoms. The molecule has 0 saturated heterocycles. The fourth-order valence-corrected chi connectivity index (χ4v) is 6.57. The van der Waals surface area contributed by atoms with E-state index in [9.17, 15) is 0 Å². The van der Waals surface area contributed by atoms with E-state index in [0.29, 0.717) is 17.5 Å². The molecule has 0 saturated carbocycles. The highest BCUT2D eigenvalue weighted by molar-refractivity contribution is 6.21. The molecule has 0 radical (unpaired) electrons. The molecular formula is C43H28N4. The molecule has 0 amide bonds. The van der Waals surface area contributed by atoms with Gasteiger partial charge >= 0.3 is 0 Å². The summed E-state index contributed by atoms with van der Waals surface area (Å²) in [5.74, 6) is 1.95. The molecule has 0 aliphatic rings. The van der Waals surface area contributed by atoms with Crippen molar-refractivity contribution < 1.29 is 0 Å². The van der Waals surface area contributed by atoms with E-state index in [4.69, 9.17) is 15.0 Å². The Morgan fingerprint density at radius 2 is 0.851 bits per heavy atom. The molecule has 47 heavy (non-hydrogen) atoms. The van der Waals surface area contributed by atoms with E-state index in [0.717, 1.165) is 22.4 Å². The van der Waals surface area contributed by atoms with Gasteiger partial charge in [-0.15, -0.1) is 0 Å².